The number of benzene rings is 1. The summed E-state index contributed by atoms with van der Waals surface area (Å²) in [6.07, 6.45) is 0.185. The van der Waals surface area contributed by atoms with E-state index in [4.69, 9.17) is 4.74 Å². The molecule has 0 N–H and O–H groups in total. The monoisotopic (exact) mass is 295 g/mol. The van der Waals surface area contributed by atoms with Crippen LogP contribution in [0.5, 0.6) is 5.75 Å². The van der Waals surface area contributed by atoms with Gasteiger partial charge in [-0.05, 0) is 48.9 Å². The minimum absolute atomic E-state index is 0.292. The van der Waals surface area contributed by atoms with E-state index in [-0.39, 0.29) is 6.54 Å². The molecule has 1 aromatic carbocycles. The fourth-order valence-corrected chi connectivity index (χ4v) is 2.48. The second-order valence-corrected chi connectivity index (χ2v) is 5.89. The molecule has 1 aromatic rings. The van der Waals surface area contributed by atoms with E-state index in [9.17, 15) is 8.78 Å². The third-order valence-electron chi connectivity index (χ3n) is 3.69. The van der Waals surface area contributed by atoms with Crippen LogP contribution in [0.3, 0.4) is 0 Å². The summed E-state index contributed by atoms with van der Waals surface area (Å²) in [5.41, 5.74) is 2.66. The SMILES string of the molecule is C=C1CCc2cc(OCCC(C)C)ccc2N1CC(F)F. The first-order chi connectivity index (χ1) is 9.97. The zero-order valence-corrected chi connectivity index (χ0v) is 12.7. The van der Waals surface area contributed by atoms with Gasteiger partial charge >= 0.3 is 0 Å². The zero-order chi connectivity index (χ0) is 15.4. The lowest BCUT2D eigenvalue weighted by Gasteiger charge is -2.33. The van der Waals surface area contributed by atoms with Crippen LogP contribution in [-0.4, -0.2) is 19.6 Å². The summed E-state index contributed by atoms with van der Waals surface area (Å²) in [4.78, 5) is 1.63. The van der Waals surface area contributed by atoms with Crippen molar-refractivity contribution in [2.24, 2.45) is 5.92 Å². The molecule has 0 fully saturated rings. The molecular weight excluding hydrogens is 272 g/mol. The van der Waals surface area contributed by atoms with Crippen molar-refractivity contribution in [3.05, 3.63) is 36.0 Å². The molecule has 0 bridgehead atoms. The topological polar surface area (TPSA) is 12.5 Å². The number of hydrogen-bond donors (Lipinski definition) is 0. The van der Waals surface area contributed by atoms with Gasteiger partial charge < -0.3 is 9.64 Å². The van der Waals surface area contributed by atoms with E-state index in [1.54, 1.807) is 4.90 Å². The first-order valence-corrected chi connectivity index (χ1v) is 7.46. The quantitative estimate of drug-likeness (QED) is 0.758. The molecule has 4 heteroatoms. The van der Waals surface area contributed by atoms with Gasteiger partial charge in [0.1, 0.15) is 5.75 Å². The Morgan fingerprint density at radius 1 is 1.29 bits per heavy atom. The number of ether oxygens (including phenoxy) is 1. The van der Waals surface area contributed by atoms with Crippen molar-refractivity contribution in [2.45, 2.75) is 39.5 Å². The molecule has 1 heterocycles. The molecule has 0 spiro atoms. The highest BCUT2D eigenvalue weighted by molar-refractivity contribution is 5.62. The lowest BCUT2D eigenvalue weighted by Crippen LogP contribution is -2.31. The smallest absolute Gasteiger partial charge is 0.256 e. The first-order valence-electron chi connectivity index (χ1n) is 7.46. The largest absolute Gasteiger partial charge is 0.494 e. The zero-order valence-electron chi connectivity index (χ0n) is 12.7. The number of hydrogen-bond acceptors (Lipinski definition) is 2. The van der Waals surface area contributed by atoms with E-state index >= 15 is 0 Å². The Labute approximate surface area is 125 Å². The van der Waals surface area contributed by atoms with Crippen LogP contribution in [0, 0.1) is 5.92 Å². The molecule has 0 aliphatic carbocycles. The Hall–Kier alpha value is -1.58. The first kappa shape index (κ1) is 15.8. The second-order valence-electron chi connectivity index (χ2n) is 5.89. The van der Waals surface area contributed by atoms with E-state index in [2.05, 4.69) is 20.4 Å². The maximum Gasteiger partial charge on any atom is 0.256 e. The summed E-state index contributed by atoms with van der Waals surface area (Å²) >= 11 is 0. The maximum atomic E-state index is 12.7. The van der Waals surface area contributed by atoms with Crippen LogP contribution >= 0.6 is 0 Å². The van der Waals surface area contributed by atoms with Gasteiger partial charge in [-0.25, -0.2) is 8.78 Å². The molecule has 0 atom stereocenters. The molecule has 0 unspecified atom stereocenters. The summed E-state index contributed by atoms with van der Waals surface area (Å²) in [5.74, 6) is 1.42. The number of rotatable bonds is 6. The Kier molecular flexibility index (Phi) is 5.21. The van der Waals surface area contributed by atoms with E-state index in [1.165, 1.54) is 0 Å². The molecule has 1 aliphatic rings. The Bertz CT molecular complexity index is 500. The molecule has 0 aromatic heterocycles. The molecule has 116 valence electrons. The van der Waals surface area contributed by atoms with Gasteiger partial charge in [0.05, 0.1) is 13.2 Å². The van der Waals surface area contributed by atoms with E-state index in [0.717, 1.165) is 42.0 Å². The van der Waals surface area contributed by atoms with Crippen LogP contribution < -0.4 is 9.64 Å². The Morgan fingerprint density at radius 2 is 2.05 bits per heavy atom. The molecule has 0 saturated carbocycles. The normalized spacial score (nSPS) is 14.8. The van der Waals surface area contributed by atoms with Crippen LogP contribution in [0.15, 0.2) is 30.5 Å². The molecule has 1 aliphatic heterocycles. The van der Waals surface area contributed by atoms with Crippen molar-refractivity contribution in [3.8, 4) is 5.75 Å². The van der Waals surface area contributed by atoms with Gasteiger partial charge in [0.25, 0.3) is 6.43 Å². The average Bonchev–Trinajstić information content (AvgIpc) is 2.41. The molecule has 21 heavy (non-hydrogen) atoms. The number of halogens is 2. The van der Waals surface area contributed by atoms with Crippen molar-refractivity contribution in [2.75, 3.05) is 18.1 Å². The van der Waals surface area contributed by atoms with Gasteiger partial charge in [-0.2, -0.15) is 0 Å². The summed E-state index contributed by atoms with van der Waals surface area (Å²) in [6, 6.07) is 5.70. The summed E-state index contributed by atoms with van der Waals surface area (Å²) in [5, 5.41) is 0. The third kappa shape index (κ3) is 4.19. The third-order valence-corrected chi connectivity index (χ3v) is 3.69. The van der Waals surface area contributed by atoms with Gasteiger partial charge in [-0.1, -0.05) is 20.4 Å². The average molecular weight is 295 g/mol. The number of anilines is 1. The summed E-state index contributed by atoms with van der Waals surface area (Å²) in [6.45, 7) is 8.61. The Balaban J connectivity index is 2.11. The van der Waals surface area contributed by atoms with Crippen molar-refractivity contribution in [1.82, 2.24) is 0 Å². The number of aryl methyl sites for hydroxylation is 1. The van der Waals surface area contributed by atoms with Gasteiger partial charge in [0.15, 0.2) is 0 Å². The highest BCUT2D eigenvalue weighted by Crippen LogP contribution is 2.35. The van der Waals surface area contributed by atoms with E-state index < -0.39 is 6.43 Å². The van der Waals surface area contributed by atoms with Gasteiger partial charge in [0, 0.05) is 11.4 Å². The minimum Gasteiger partial charge on any atom is -0.494 e. The van der Waals surface area contributed by atoms with Crippen LogP contribution in [0.1, 0.15) is 32.3 Å². The molecular formula is C17H23F2NO. The summed E-state index contributed by atoms with van der Waals surface area (Å²) < 4.78 is 31.1. The fourth-order valence-electron chi connectivity index (χ4n) is 2.48. The molecule has 0 saturated heterocycles. The number of nitrogens with zero attached hydrogens (tertiary/aromatic N) is 1. The molecule has 0 amide bonds. The number of allylic oxidation sites excluding steroid dienone is 1. The minimum atomic E-state index is -2.37. The fraction of sp³-hybridized carbons (Fsp3) is 0.529. The van der Waals surface area contributed by atoms with Crippen LogP contribution in [0.4, 0.5) is 14.5 Å². The highest BCUT2D eigenvalue weighted by Gasteiger charge is 2.23. The van der Waals surface area contributed by atoms with Crippen molar-refractivity contribution >= 4 is 5.69 Å². The molecule has 2 rings (SSSR count). The predicted octanol–water partition coefficient (Wildman–Crippen LogP) is 4.64. The predicted molar refractivity (Wildman–Crippen MR) is 82.2 cm³/mol. The van der Waals surface area contributed by atoms with Crippen molar-refractivity contribution in [3.63, 3.8) is 0 Å². The van der Waals surface area contributed by atoms with Crippen molar-refractivity contribution in [1.29, 1.82) is 0 Å². The van der Waals surface area contributed by atoms with E-state index in [1.807, 2.05) is 18.2 Å². The Morgan fingerprint density at radius 3 is 2.71 bits per heavy atom. The highest BCUT2D eigenvalue weighted by atomic mass is 19.3. The lowest BCUT2D eigenvalue weighted by molar-refractivity contribution is 0.156. The molecule has 2 nitrogen and oxygen atoms in total. The maximum absolute atomic E-state index is 12.7. The van der Waals surface area contributed by atoms with Crippen LogP contribution in [-0.2, 0) is 6.42 Å². The van der Waals surface area contributed by atoms with Crippen LogP contribution in [0.2, 0.25) is 0 Å². The van der Waals surface area contributed by atoms with Gasteiger partial charge in [-0.15, -0.1) is 0 Å². The lowest BCUT2D eigenvalue weighted by atomic mass is 9.99. The molecule has 0 radical (unpaired) electrons. The number of fused-ring (bicyclic) bond motifs is 1. The standard InChI is InChI=1S/C17H23F2NO/c1-12(2)8-9-21-15-6-7-16-14(10-15)5-4-13(3)20(16)11-17(18)19/h6-7,10,12,17H,3-5,8-9,11H2,1-2H3. The van der Waals surface area contributed by atoms with Gasteiger partial charge in [0.2, 0.25) is 0 Å². The van der Waals surface area contributed by atoms with Crippen molar-refractivity contribution < 1.29 is 13.5 Å². The second kappa shape index (κ2) is 6.92. The number of alkyl halides is 2. The van der Waals surface area contributed by atoms with Gasteiger partial charge in [-0.3, -0.25) is 0 Å². The summed E-state index contributed by atoms with van der Waals surface area (Å²) in [7, 11) is 0. The van der Waals surface area contributed by atoms with Crippen LogP contribution in [0.25, 0.3) is 0 Å². The van der Waals surface area contributed by atoms with E-state index in [0.29, 0.717) is 12.5 Å².